The molecule has 0 bridgehead atoms. The number of carboxylic acids is 1. The largest absolute Gasteiger partial charge is 0.478 e. The molecule has 1 aliphatic heterocycles. The van der Waals surface area contributed by atoms with Gasteiger partial charge in [-0.2, -0.15) is 8.42 Å². The van der Waals surface area contributed by atoms with Crippen LogP contribution in [0.2, 0.25) is 0 Å². The van der Waals surface area contributed by atoms with Gasteiger partial charge in [0.25, 0.3) is 5.91 Å². The van der Waals surface area contributed by atoms with Crippen molar-refractivity contribution in [3.05, 3.63) is 119 Å². The monoisotopic (exact) mass is 710 g/mol. The van der Waals surface area contributed by atoms with Crippen molar-refractivity contribution in [3.63, 3.8) is 0 Å². The number of nitrogens with zero attached hydrogens (tertiary/aromatic N) is 4. The molecule has 1 saturated carbocycles. The second-order valence-electron chi connectivity index (χ2n) is 12.1. The van der Waals surface area contributed by atoms with Crippen LogP contribution in [0, 0.1) is 17.5 Å². The highest BCUT2D eigenvalue weighted by Gasteiger charge is 2.61. The molecule has 15 heteroatoms. The summed E-state index contributed by atoms with van der Waals surface area (Å²) in [4.78, 5) is 36.7. The van der Waals surface area contributed by atoms with E-state index in [9.17, 15) is 36.3 Å². The Bertz CT molecular complexity index is 1940. The summed E-state index contributed by atoms with van der Waals surface area (Å²) >= 11 is 0. The summed E-state index contributed by atoms with van der Waals surface area (Å²) in [5, 5.41) is 9.47. The lowest BCUT2D eigenvalue weighted by Crippen LogP contribution is -2.71. The zero-order valence-electron chi connectivity index (χ0n) is 26.7. The van der Waals surface area contributed by atoms with Crippen LogP contribution < -0.4 is 9.08 Å². The van der Waals surface area contributed by atoms with E-state index in [-0.39, 0.29) is 55.4 Å². The number of carbonyl (C=O) groups excluding carboxylic acids is 1. The molecular formula is C35H33F3N4O7S. The van der Waals surface area contributed by atoms with E-state index in [1.807, 2.05) is 0 Å². The van der Waals surface area contributed by atoms with Crippen molar-refractivity contribution in [2.45, 2.75) is 63.3 Å². The Hall–Kier alpha value is -4.86. The average molecular weight is 711 g/mol. The standard InChI is InChI=1S/C35H33F3N4O7S/c36-26-17-29(37)32(30(38)18-26)49-50(46,47)42-16-15-35(42,48-22-23-7-3-1-4-8-23)34(45)41(28-13-11-25(12-14-28)33(43)44)21-27-19-40-31(20-39-27)24-9-5-2-6-10-24/h1,3-4,7-8,11-14,17-20,24H,2,5-6,9-10,15-16,21-22H2,(H,43,44)/t35-/m1/s1. The van der Waals surface area contributed by atoms with Crippen LogP contribution in [0.15, 0.2) is 79.1 Å². The Balaban J connectivity index is 1.37. The van der Waals surface area contributed by atoms with E-state index in [0.29, 0.717) is 15.6 Å². The molecule has 1 aliphatic carbocycles. The number of aromatic carboxylic acids is 1. The van der Waals surface area contributed by atoms with Gasteiger partial charge in [0.05, 0.1) is 36.3 Å². The summed E-state index contributed by atoms with van der Waals surface area (Å²) in [6, 6.07) is 14.4. The Morgan fingerprint density at radius 2 is 1.62 bits per heavy atom. The van der Waals surface area contributed by atoms with Crippen molar-refractivity contribution in [2.75, 3.05) is 11.4 Å². The van der Waals surface area contributed by atoms with Gasteiger partial charge >= 0.3 is 16.3 Å². The molecule has 4 aromatic rings. The first-order valence-corrected chi connectivity index (χ1v) is 17.3. The van der Waals surface area contributed by atoms with Crippen molar-refractivity contribution in [1.29, 1.82) is 0 Å². The SMILES string of the molecule is O=C(O)c1ccc(N(Cc2cnc(C3CCCCC3)cn2)C(=O)[C@]2(OCc3ccccc3)CCN2S(=O)(=O)Oc2c(F)cc(F)cc2F)cc1. The third kappa shape index (κ3) is 7.34. The lowest BCUT2D eigenvalue weighted by atomic mass is 9.87. The van der Waals surface area contributed by atoms with Crippen LogP contribution >= 0.6 is 0 Å². The van der Waals surface area contributed by atoms with Crippen LogP contribution in [0.4, 0.5) is 18.9 Å². The fourth-order valence-electron chi connectivity index (χ4n) is 6.15. The summed E-state index contributed by atoms with van der Waals surface area (Å²) in [6.45, 7) is -0.815. The quantitative estimate of drug-likeness (QED) is 0.184. The minimum absolute atomic E-state index is 0.0579. The summed E-state index contributed by atoms with van der Waals surface area (Å²) in [6.07, 6.45) is 8.34. The zero-order valence-corrected chi connectivity index (χ0v) is 27.5. The number of amides is 1. The number of hydrogen-bond donors (Lipinski definition) is 1. The number of aromatic nitrogens is 2. The molecule has 6 rings (SSSR count). The first-order chi connectivity index (χ1) is 24.0. The Morgan fingerprint density at radius 3 is 2.20 bits per heavy atom. The van der Waals surface area contributed by atoms with Crippen LogP contribution in [-0.2, 0) is 33.0 Å². The maximum Gasteiger partial charge on any atom is 0.388 e. The van der Waals surface area contributed by atoms with E-state index in [4.69, 9.17) is 8.92 Å². The van der Waals surface area contributed by atoms with Crippen molar-refractivity contribution >= 4 is 27.9 Å². The molecule has 2 fully saturated rings. The number of benzene rings is 3. The van der Waals surface area contributed by atoms with E-state index >= 15 is 0 Å². The molecule has 1 amide bonds. The van der Waals surface area contributed by atoms with Gasteiger partial charge in [0.15, 0.2) is 11.6 Å². The van der Waals surface area contributed by atoms with Crippen LogP contribution in [0.25, 0.3) is 0 Å². The fourth-order valence-corrected chi connectivity index (χ4v) is 7.50. The maximum absolute atomic E-state index is 14.8. The highest BCUT2D eigenvalue weighted by atomic mass is 32.2. The van der Waals surface area contributed by atoms with Crippen molar-refractivity contribution < 1.29 is 45.2 Å². The minimum atomic E-state index is -5.16. The molecule has 3 aromatic carbocycles. The third-order valence-corrected chi connectivity index (χ3v) is 10.3. The third-order valence-electron chi connectivity index (χ3n) is 8.87. The molecule has 0 unspecified atom stereocenters. The van der Waals surface area contributed by atoms with Gasteiger partial charge in [0.1, 0.15) is 5.82 Å². The topological polar surface area (TPSA) is 139 Å². The highest BCUT2D eigenvalue weighted by molar-refractivity contribution is 7.84. The summed E-state index contributed by atoms with van der Waals surface area (Å²) < 4.78 is 81.5. The van der Waals surface area contributed by atoms with Crippen molar-refractivity contribution in [1.82, 2.24) is 14.3 Å². The van der Waals surface area contributed by atoms with Crippen LogP contribution in [0.5, 0.6) is 5.75 Å². The fraction of sp³-hybridized carbons (Fsp3) is 0.314. The zero-order chi connectivity index (χ0) is 35.5. The van der Waals surface area contributed by atoms with Gasteiger partial charge < -0.3 is 18.9 Å². The second kappa shape index (κ2) is 14.5. The molecule has 1 N–H and O–H groups in total. The number of rotatable bonds is 12. The molecule has 0 radical (unpaired) electrons. The van der Waals surface area contributed by atoms with Crippen LogP contribution in [0.3, 0.4) is 0 Å². The minimum Gasteiger partial charge on any atom is -0.478 e. The van der Waals surface area contributed by atoms with Gasteiger partial charge in [0, 0.05) is 42.9 Å². The molecule has 0 spiro atoms. The number of carboxylic acid groups (broad SMARTS) is 1. The number of halogens is 3. The highest BCUT2D eigenvalue weighted by Crippen LogP contribution is 2.40. The maximum atomic E-state index is 14.8. The van der Waals surface area contributed by atoms with Crippen molar-refractivity contribution in [2.24, 2.45) is 0 Å². The summed E-state index contributed by atoms with van der Waals surface area (Å²) in [5.74, 6) is -7.72. The molecule has 2 heterocycles. The van der Waals surface area contributed by atoms with Gasteiger partial charge in [-0.3, -0.25) is 14.8 Å². The van der Waals surface area contributed by atoms with E-state index in [0.717, 1.165) is 31.4 Å². The molecular weight excluding hydrogens is 677 g/mol. The lowest BCUT2D eigenvalue weighted by molar-refractivity contribution is -0.195. The first kappa shape index (κ1) is 35.0. The lowest BCUT2D eigenvalue weighted by Gasteiger charge is -2.49. The summed E-state index contributed by atoms with van der Waals surface area (Å²) in [5.41, 5.74) is -0.406. The van der Waals surface area contributed by atoms with Gasteiger partial charge in [-0.05, 0) is 42.7 Å². The van der Waals surface area contributed by atoms with Gasteiger partial charge in [0.2, 0.25) is 11.5 Å². The second-order valence-corrected chi connectivity index (χ2v) is 13.6. The van der Waals surface area contributed by atoms with Gasteiger partial charge in [-0.25, -0.2) is 18.0 Å². The Kier molecular flexibility index (Phi) is 10.2. The van der Waals surface area contributed by atoms with E-state index in [1.54, 1.807) is 36.5 Å². The van der Waals surface area contributed by atoms with E-state index in [1.165, 1.54) is 41.8 Å². The number of carbonyl (C=O) groups is 2. The molecule has 11 nitrogen and oxygen atoms in total. The predicted octanol–water partition coefficient (Wildman–Crippen LogP) is 6.12. The summed E-state index contributed by atoms with van der Waals surface area (Å²) in [7, 11) is -5.16. The number of hydrogen-bond acceptors (Lipinski definition) is 8. The van der Waals surface area contributed by atoms with E-state index < -0.39 is 51.1 Å². The molecule has 50 heavy (non-hydrogen) atoms. The number of ether oxygens (including phenoxy) is 1. The molecule has 1 atom stereocenters. The average Bonchev–Trinajstić information content (AvgIpc) is 3.09. The predicted molar refractivity (Wildman–Crippen MR) is 174 cm³/mol. The molecule has 262 valence electrons. The smallest absolute Gasteiger partial charge is 0.388 e. The molecule has 2 aliphatic rings. The number of anilines is 1. The van der Waals surface area contributed by atoms with Crippen molar-refractivity contribution in [3.8, 4) is 5.75 Å². The van der Waals surface area contributed by atoms with Gasteiger partial charge in [-0.15, -0.1) is 4.31 Å². The van der Waals surface area contributed by atoms with Gasteiger partial charge in [-0.1, -0.05) is 49.6 Å². The normalized spacial score (nSPS) is 18.3. The molecule has 1 aromatic heterocycles. The Labute approximate surface area is 286 Å². The van der Waals surface area contributed by atoms with Crippen LogP contribution in [0.1, 0.15) is 71.8 Å². The Morgan fingerprint density at radius 1 is 0.940 bits per heavy atom. The van der Waals surface area contributed by atoms with Crippen LogP contribution in [-0.4, -0.2) is 51.9 Å². The molecule has 1 saturated heterocycles. The first-order valence-electron chi connectivity index (χ1n) is 16.0. The van der Waals surface area contributed by atoms with E-state index in [2.05, 4.69) is 9.97 Å².